The molecule has 2 aliphatic carbocycles. The molecule has 194 valence electrons. The van der Waals surface area contributed by atoms with Gasteiger partial charge in [0, 0.05) is 50.0 Å². The van der Waals surface area contributed by atoms with Gasteiger partial charge in [0.15, 0.2) is 5.78 Å². The highest BCUT2D eigenvalue weighted by Crippen LogP contribution is 2.36. The second-order valence-corrected chi connectivity index (χ2v) is 11.1. The Hall–Kier alpha value is -2.49. The fourth-order valence-corrected chi connectivity index (χ4v) is 6.66. The molecule has 6 rings (SSSR count). The number of benzene rings is 1. The summed E-state index contributed by atoms with van der Waals surface area (Å²) >= 11 is 0. The van der Waals surface area contributed by atoms with Crippen molar-refractivity contribution >= 4 is 23.3 Å². The summed E-state index contributed by atoms with van der Waals surface area (Å²) in [6, 6.07) is 7.91. The highest BCUT2D eigenvalue weighted by Gasteiger charge is 2.56. The Kier molecular flexibility index (Phi) is 6.25. The Labute approximate surface area is 212 Å². The molecule has 0 radical (unpaired) electrons. The van der Waals surface area contributed by atoms with E-state index < -0.39 is 11.6 Å². The molecule has 2 N–H and O–H groups in total. The van der Waals surface area contributed by atoms with Crippen molar-refractivity contribution in [3.8, 4) is 0 Å². The number of amides is 2. The molecule has 9 heteroatoms. The minimum absolute atomic E-state index is 0.0403. The fraction of sp³-hybridized carbons (Fsp3) is 0.667. The van der Waals surface area contributed by atoms with E-state index in [-0.39, 0.29) is 36.4 Å². The van der Waals surface area contributed by atoms with Gasteiger partial charge in [-0.05, 0) is 57.0 Å². The van der Waals surface area contributed by atoms with Crippen molar-refractivity contribution in [1.82, 2.24) is 20.4 Å². The molecular weight excluding hydrogens is 458 g/mol. The van der Waals surface area contributed by atoms with Crippen LogP contribution in [0.4, 0.5) is 5.69 Å². The van der Waals surface area contributed by atoms with Crippen LogP contribution in [0.3, 0.4) is 0 Å². The number of piperazine rings is 1. The number of likely N-dealkylation sites (tertiary alicyclic amines) is 1. The Morgan fingerprint density at radius 2 is 1.72 bits per heavy atom. The van der Waals surface area contributed by atoms with Crippen molar-refractivity contribution in [3.63, 3.8) is 0 Å². The monoisotopic (exact) mass is 495 g/mol. The highest BCUT2D eigenvalue weighted by molar-refractivity contribution is 6.01. The van der Waals surface area contributed by atoms with E-state index in [1.54, 1.807) is 4.90 Å². The molecule has 3 saturated heterocycles. The van der Waals surface area contributed by atoms with Crippen LogP contribution in [0.2, 0.25) is 0 Å². The third-order valence-corrected chi connectivity index (χ3v) is 8.91. The van der Waals surface area contributed by atoms with Gasteiger partial charge >= 0.3 is 0 Å². The van der Waals surface area contributed by atoms with Crippen LogP contribution in [-0.2, 0) is 14.3 Å². The van der Waals surface area contributed by atoms with E-state index in [0.717, 1.165) is 50.7 Å². The molecule has 0 bridgehead atoms. The summed E-state index contributed by atoms with van der Waals surface area (Å²) in [5, 5.41) is 6.30. The topological polar surface area (TPSA) is 94.2 Å². The van der Waals surface area contributed by atoms with Crippen LogP contribution in [0.25, 0.3) is 0 Å². The lowest BCUT2D eigenvalue weighted by Crippen LogP contribution is -2.60. The van der Waals surface area contributed by atoms with Gasteiger partial charge in [0.25, 0.3) is 5.91 Å². The number of Topliss-reactive ketones (excluding diaryl/α,β-unsaturated/α-hetero) is 1. The van der Waals surface area contributed by atoms with Gasteiger partial charge in [0.05, 0.1) is 6.04 Å². The number of ketones is 1. The van der Waals surface area contributed by atoms with Gasteiger partial charge in [-0.3, -0.25) is 19.3 Å². The van der Waals surface area contributed by atoms with Crippen molar-refractivity contribution < 1.29 is 19.1 Å². The lowest BCUT2D eigenvalue weighted by atomic mass is 9.93. The van der Waals surface area contributed by atoms with Crippen molar-refractivity contribution in [2.75, 3.05) is 51.3 Å². The number of anilines is 1. The number of hydrogen-bond donors (Lipinski definition) is 2. The van der Waals surface area contributed by atoms with Crippen molar-refractivity contribution in [2.45, 2.75) is 68.3 Å². The molecule has 9 nitrogen and oxygen atoms in total. The third-order valence-electron chi connectivity index (χ3n) is 8.91. The maximum absolute atomic E-state index is 13.9. The molecule has 1 aromatic carbocycles. The second-order valence-electron chi connectivity index (χ2n) is 11.1. The average Bonchev–Trinajstić information content (AvgIpc) is 3.35. The Bertz CT molecular complexity index is 1010. The number of rotatable bonds is 6. The summed E-state index contributed by atoms with van der Waals surface area (Å²) in [5.41, 5.74) is 0.724. The lowest BCUT2D eigenvalue weighted by Gasteiger charge is -2.36. The molecule has 2 amide bonds. The zero-order valence-corrected chi connectivity index (χ0v) is 21.1. The molecular formula is C27H37N5O4. The van der Waals surface area contributed by atoms with Crippen LogP contribution in [0.15, 0.2) is 24.3 Å². The number of nitrogens with one attached hydrogen (secondary N) is 2. The smallest absolute Gasteiger partial charge is 0.252 e. The number of carbonyl (C=O) groups excluding carboxylic acids is 3. The van der Waals surface area contributed by atoms with Crippen LogP contribution in [-0.4, -0.2) is 104 Å². The maximum Gasteiger partial charge on any atom is 0.252 e. The van der Waals surface area contributed by atoms with E-state index in [1.807, 2.05) is 31.3 Å². The van der Waals surface area contributed by atoms with Gasteiger partial charge in [-0.2, -0.15) is 0 Å². The maximum atomic E-state index is 13.9. The third kappa shape index (κ3) is 4.21. The fourth-order valence-electron chi connectivity index (χ4n) is 6.66. The average molecular weight is 496 g/mol. The van der Waals surface area contributed by atoms with Crippen LogP contribution in [0.1, 0.15) is 48.9 Å². The molecule has 1 aromatic rings. The molecule has 0 spiro atoms. The summed E-state index contributed by atoms with van der Waals surface area (Å²) in [7, 11) is 1.83. The first-order valence-corrected chi connectivity index (χ1v) is 13.5. The van der Waals surface area contributed by atoms with Crippen molar-refractivity contribution in [1.29, 1.82) is 0 Å². The van der Waals surface area contributed by atoms with Gasteiger partial charge in [0.2, 0.25) is 5.91 Å². The number of ether oxygens (including phenoxy) is 1. The van der Waals surface area contributed by atoms with Gasteiger partial charge in [0.1, 0.15) is 24.3 Å². The minimum atomic E-state index is -0.967. The van der Waals surface area contributed by atoms with Crippen LogP contribution >= 0.6 is 0 Å². The number of hydrogen-bond acceptors (Lipinski definition) is 7. The first kappa shape index (κ1) is 23.9. The summed E-state index contributed by atoms with van der Waals surface area (Å²) in [5.74, 6) is -0.436. The number of carbonyl (C=O) groups is 3. The van der Waals surface area contributed by atoms with Crippen LogP contribution in [0.5, 0.6) is 0 Å². The Balaban J connectivity index is 1.14. The van der Waals surface area contributed by atoms with Crippen molar-refractivity contribution in [3.05, 3.63) is 29.8 Å². The zero-order chi connectivity index (χ0) is 24.9. The Morgan fingerprint density at radius 1 is 1.03 bits per heavy atom. The van der Waals surface area contributed by atoms with Gasteiger partial charge in [-0.1, -0.05) is 12.8 Å². The zero-order valence-electron chi connectivity index (χ0n) is 21.1. The summed E-state index contributed by atoms with van der Waals surface area (Å²) in [4.78, 5) is 46.4. The predicted molar refractivity (Wildman–Crippen MR) is 135 cm³/mol. The number of fused-ring (bicyclic) bond motifs is 1. The van der Waals surface area contributed by atoms with E-state index in [0.29, 0.717) is 24.9 Å². The molecule has 3 atom stereocenters. The molecule has 0 unspecified atom stereocenters. The predicted octanol–water partition coefficient (Wildman–Crippen LogP) is 0.780. The highest BCUT2D eigenvalue weighted by atomic mass is 16.5. The van der Waals surface area contributed by atoms with Gasteiger partial charge in [-0.25, -0.2) is 0 Å². The molecule has 3 aliphatic heterocycles. The van der Waals surface area contributed by atoms with Crippen LogP contribution < -0.4 is 15.5 Å². The Morgan fingerprint density at radius 3 is 2.36 bits per heavy atom. The minimum Gasteiger partial charge on any atom is -0.369 e. The molecule has 36 heavy (non-hydrogen) atoms. The van der Waals surface area contributed by atoms with E-state index in [1.165, 1.54) is 12.8 Å². The molecule has 5 aliphatic rings. The van der Waals surface area contributed by atoms with Crippen LogP contribution in [0, 0.1) is 0 Å². The molecule has 3 heterocycles. The quantitative estimate of drug-likeness (QED) is 0.602. The summed E-state index contributed by atoms with van der Waals surface area (Å²) < 4.78 is 5.70. The normalized spacial score (nSPS) is 30.0. The van der Waals surface area contributed by atoms with Gasteiger partial charge < -0.3 is 25.2 Å². The SMILES string of the molecule is CN[C@H]1CN(C(=O)C2(NC(=O)c3ccc(N4CCN(C5CC5)CC4)cc3)CCCC2)[C@@H]2C(=O)CO[C@H]12. The number of likely N-dealkylation sites (N-methyl/N-ethyl adjacent to an activating group) is 1. The standard InChI is InChI=1S/C27H37N5O4/c1-28-21-16-32(23-22(33)17-36-24(21)23)26(35)27(10-2-3-11-27)29-25(34)18-4-6-19(7-5-18)30-12-14-31(15-13-30)20-8-9-20/h4-7,20-21,23-24,28H,2-3,8-17H2,1H3,(H,29,34)/t21-,23+,24+/m0/s1. The lowest BCUT2D eigenvalue weighted by molar-refractivity contribution is -0.142. The summed E-state index contributed by atoms with van der Waals surface area (Å²) in [6.45, 7) is 4.66. The van der Waals surface area contributed by atoms with Crippen molar-refractivity contribution in [2.24, 2.45) is 0 Å². The van der Waals surface area contributed by atoms with E-state index in [9.17, 15) is 14.4 Å². The van der Waals surface area contributed by atoms with Gasteiger partial charge in [-0.15, -0.1) is 0 Å². The van der Waals surface area contributed by atoms with E-state index in [4.69, 9.17) is 4.74 Å². The second kappa shape index (κ2) is 9.43. The first-order chi connectivity index (χ1) is 17.5. The molecule has 2 saturated carbocycles. The molecule has 0 aromatic heterocycles. The summed E-state index contributed by atoms with van der Waals surface area (Å²) in [6.07, 6.45) is 5.29. The number of nitrogens with zero attached hydrogens (tertiary/aromatic N) is 3. The largest absolute Gasteiger partial charge is 0.369 e. The first-order valence-electron chi connectivity index (χ1n) is 13.5. The van der Waals surface area contributed by atoms with E-state index in [2.05, 4.69) is 20.4 Å². The van der Waals surface area contributed by atoms with E-state index >= 15 is 0 Å². The molecule has 5 fully saturated rings.